The second-order valence-corrected chi connectivity index (χ2v) is 5.41. The van der Waals surface area contributed by atoms with Crippen LogP contribution in [0.15, 0.2) is 40.4 Å². The molecule has 0 radical (unpaired) electrons. The average molecular weight is 328 g/mol. The molecule has 0 unspecified atom stereocenters. The summed E-state index contributed by atoms with van der Waals surface area (Å²) in [5.41, 5.74) is 1.55. The first-order valence-corrected chi connectivity index (χ1v) is 7.30. The van der Waals surface area contributed by atoms with E-state index in [1.807, 2.05) is 6.07 Å². The molecule has 0 atom stereocenters. The first-order valence-electron chi connectivity index (χ1n) is 7.30. The lowest BCUT2D eigenvalue weighted by Crippen LogP contribution is -2.27. The Bertz CT molecular complexity index is 850. The molecule has 1 aromatic carbocycles. The number of nitrogens with one attached hydrogen (secondary N) is 1. The highest BCUT2D eigenvalue weighted by Crippen LogP contribution is 2.30. The summed E-state index contributed by atoms with van der Waals surface area (Å²) in [7, 11) is 1.55. The van der Waals surface area contributed by atoms with Crippen LogP contribution in [0.2, 0.25) is 0 Å². The van der Waals surface area contributed by atoms with E-state index in [1.165, 1.54) is 13.1 Å². The predicted molar refractivity (Wildman–Crippen MR) is 83.7 cm³/mol. The number of carbonyl (C=O) groups is 2. The summed E-state index contributed by atoms with van der Waals surface area (Å²) in [5, 5.41) is 6.32. The van der Waals surface area contributed by atoms with Crippen molar-refractivity contribution in [3.63, 3.8) is 0 Å². The fraction of sp³-hybridized carbons (Fsp3) is 0.235. The fourth-order valence-electron chi connectivity index (χ4n) is 2.48. The number of hydrogen-bond donors (Lipinski definition) is 1. The van der Waals surface area contributed by atoms with Crippen LogP contribution in [0, 0.1) is 6.92 Å². The first kappa shape index (κ1) is 15.8. The molecular formula is C17H16N2O5. The predicted octanol–water partition coefficient (Wildman–Crippen LogP) is 2.16. The number of aryl methyl sites for hydroxylation is 1. The van der Waals surface area contributed by atoms with E-state index in [0.717, 1.165) is 5.56 Å². The van der Waals surface area contributed by atoms with E-state index in [4.69, 9.17) is 14.0 Å². The molecule has 7 nitrogen and oxygen atoms in total. The van der Waals surface area contributed by atoms with Crippen LogP contribution in [0.25, 0.3) is 0 Å². The van der Waals surface area contributed by atoms with Gasteiger partial charge < -0.3 is 19.3 Å². The minimum atomic E-state index is -0.409. The summed E-state index contributed by atoms with van der Waals surface area (Å²) in [6.45, 7) is 3.02. The lowest BCUT2D eigenvalue weighted by atomic mass is 10.1. The largest absolute Gasteiger partial charge is 0.497 e. The molecule has 1 aliphatic heterocycles. The summed E-state index contributed by atoms with van der Waals surface area (Å²) in [6.07, 6.45) is 1.66. The Kier molecular flexibility index (Phi) is 4.07. The number of aromatic nitrogens is 1. The number of rotatable bonds is 4. The zero-order valence-electron chi connectivity index (χ0n) is 13.5. The van der Waals surface area contributed by atoms with Gasteiger partial charge in [-0.2, -0.15) is 0 Å². The molecule has 0 spiro atoms. The van der Waals surface area contributed by atoms with Crippen LogP contribution in [0.3, 0.4) is 0 Å². The van der Waals surface area contributed by atoms with E-state index in [-0.39, 0.29) is 11.5 Å². The van der Waals surface area contributed by atoms with Crippen molar-refractivity contribution in [1.29, 1.82) is 0 Å². The Morgan fingerprint density at radius 2 is 2.08 bits per heavy atom. The van der Waals surface area contributed by atoms with Crippen molar-refractivity contribution in [3.05, 3.63) is 52.7 Å². The standard InChI is InChI=1S/C17H16N2O5/c1-9(20)16-15(19-17(21)14-8-18-24-10(14)2)6-11-4-12(22-3)7-13(5-11)23-16/h4-5,7-8H,6H2,1-3H3,(H,19,21). The van der Waals surface area contributed by atoms with Crippen LogP contribution < -0.4 is 14.8 Å². The molecule has 0 saturated heterocycles. The third-order valence-electron chi connectivity index (χ3n) is 3.63. The van der Waals surface area contributed by atoms with E-state index in [9.17, 15) is 9.59 Å². The van der Waals surface area contributed by atoms with E-state index >= 15 is 0 Å². The number of allylic oxidation sites excluding steroid dienone is 2. The Labute approximate surface area is 138 Å². The molecule has 2 bridgehead atoms. The fourth-order valence-corrected chi connectivity index (χ4v) is 2.48. The first-order chi connectivity index (χ1) is 11.5. The summed E-state index contributed by atoms with van der Waals surface area (Å²) >= 11 is 0. The van der Waals surface area contributed by atoms with Crippen LogP contribution in [0.1, 0.15) is 28.6 Å². The Balaban J connectivity index is 1.96. The second-order valence-electron chi connectivity index (χ2n) is 5.41. The highest BCUT2D eigenvalue weighted by molar-refractivity contribution is 5.98. The SMILES string of the molecule is COc1cc2cc(c1)OC(C(C)=O)=C(NC(=O)c1cnoc1C)C2. The highest BCUT2D eigenvalue weighted by Gasteiger charge is 2.23. The monoisotopic (exact) mass is 328 g/mol. The number of Topliss-reactive ketones (excluding diaryl/α,β-unsaturated/α-hetero) is 1. The molecule has 0 fully saturated rings. The van der Waals surface area contributed by atoms with Crippen LogP contribution in [0.5, 0.6) is 11.5 Å². The zero-order chi connectivity index (χ0) is 17.3. The molecule has 1 amide bonds. The van der Waals surface area contributed by atoms with Gasteiger partial charge in [0.2, 0.25) is 0 Å². The van der Waals surface area contributed by atoms with Gasteiger partial charge in [0.1, 0.15) is 22.8 Å². The zero-order valence-corrected chi connectivity index (χ0v) is 13.5. The van der Waals surface area contributed by atoms with Gasteiger partial charge in [0, 0.05) is 19.4 Å². The molecule has 1 aromatic heterocycles. The van der Waals surface area contributed by atoms with Crippen molar-refractivity contribution in [2.24, 2.45) is 0 Å². The number of amides is 1. The van der Waals surface area contributed by atoms with Crippen molar-refractivity contribution >= 4 is 11.7 Å². The van der Waals surface area contributed by atoms with Crippen molar-refractivity contribution < 1.29 is 23.6 Å². The van der Waals surface area contributed by atoms with Gasteiger partial charge in [-0.1, -0.05) is 5.16 Å². The number of ketones is 1. The average Bonchev–Trinajstić information content (AvgIpc) is 2.92. The number of benzene rings is 1. The van der Waals surface area contributed by atoms with Crippen molar-refractivity contribution in [3.8, 4) is 11.5 Å². The van der Waals surface area contributed by atoms with Crippen LogP contribution in [-0.2, 0) is 11.2 Å². The number of ether oxygens (including phenoxy) is 2. The maximum atomic E-state index is 12.4. The van der Waals surface area contributed by atoms with E-state index in [1.54, 1.807) is 26.2 Å². The lowest BCUT2D eigenvalue weighted by molar-refractivity contribution is -0.115. The molecule has 7 heteroatoms. The third kappa shape index (κ3) is 3.01. The molecular weight excluding hydrogens is 312 g/mol. The smallest absolute Gasteiger partial charge is 0.260 e. The number of carbonyl (C=O) groups excluding carboxylic acids is 2. The van der Waals surface area contributed by atoms with Crippen molar-refractivity contribution in [1.82, 2.24) is 10.5 Å². The van der Waals surface area contributed by atoms with Gasteiger partial charge in [-0.25, -0.2) is 0 Å². The molecule has 0 aliphatic carbocycles. The summed E-state index contributed by atoms with van der Waals surface area (Å²) in [6, 6.07) is 5.31. The molecule has 0 saturated carbocycles. The van der Waals surface area contributed by atoms with Gasteiger partial charge >= 0.3 is 0 Å². The van der Waals surface area contributed by atoms with Crippen LogP contribution in [-0.4, -0.2) is 24.0 Å². The minimum Gasteiger partial charge on any atom is -0.497 e. The number of hydrogen-bond acceptors (Lipinski definition) is 6. The highest BCUT2D eigenvalue weighted by atomic mass is 16.5. The van der Waals surface area contributed by atoms with Crippen molar-refractivity contribution in [2.45, 2.75) is 20.3 Å². The summed E-state index contributed by atoms with van der Waals surface area (Å²) in [4.78, 5) is 24.4. The minimum absolute atomic E-state index is 0.0979. The van der Waals surface area contributed by atoms with E-state index in [0.29, 0.717) is 34.9 Å². The van der Waals surface area contributed by atoms with Gasteiger partial charge in [-0.15, -0.1) is 0 Å². The van der Waals surface area contributed by atoms with Gasteiger partial charge in [0.05, 0.1) is 19.0 Å². The summed E-state index contributed by atoms with van der Waals surface area (Å²) in [5.74, 6) is 0.907. The molecule has 2 aromatic rings. The topological polar surface area (TPSA) is 90.7 Å². The van der Waals surface area contributed by atoms with Crippen molar-refractivity contribution in [2.75, 3.05) is 7.11 Å². The van der Waals surface area contributed by atoms with Crippen LogP contribution in [0.4, 0.5) is 0 Å². The maximum absolute atomic E-state index is 12.4. The Hall–Kier alpha value is -3.09. The molecule has 124 valence electrons. The quantitative estimate of drug-likeness (QED) is 0.925. The second kappa shape index (κ2) is 6.19. The lowest BCUT2D eigenvalue weighted by Gasteiger charge is -2.12. The van der Waals surface area contributed by atoms with Crippen LogP contribution >= 0.6 is 0 Å². The summed E-state index contributed by atoms with van der Waals surface area (Å²) < 4.78 is 15.8. The van der Waals surface area contributed by atoms with Gasteiger partial charge in [-0.05, 0) is 24.6 Å². The molecule has 24 heavy (non-hydrogen) atoms. The maximum Gasteiger partial charge on any atom is 0.260 e. The third-order valence-corrected chi connectivity index (χ3v) is 3.63. The van der Waals surface area contributed by atoms with E-state index < -0.39 is 5.91 Å². The van der Waals surface area contributed by atoms with Gasteiger partial charge in [-0.3, -0.25) is 9.59 Å². The molecule has 3 rings (SSSR count). The number of methoxy groups -OCH3 is 1. The molecule has 1 N–H and O–H groups in total. The van der Waals surface area contributed by atoms with E-state index in [2.05, 4.69) is 10.5 Å². The van der Waals surface area contributed by atoms with Gasteiger partial charge in [0.15, 0.2) is 11.5 Å². The molecule has 2 heterocycles. The molecule has 1 aliphatic rings. The normalized spacial score (nSPS) is 13.1. The van der Waals surface area contributed by atoms with Gasteiger partial charge in [0.25, 0.3) is 5.91 Å². The number of nitrogens with zero attached hydrogens (tertiary/aromatic N) is 1. The number of fused-ring (bicyclic) bond motifs is 2. The Morgan fingerprint density at radius 3 is 2.71 bits per heavy atom. The Morgan fingerprint density at radius 1 is 1.29 bits per heavy atom.